The standard InChI is InChI=1S/C14H29N3O/c1-11(2)13(10-16(4)5)15-14(18)17-8-6-7-12(3)9-17/h11-13H,6-10H2,1-5H3,(H,15,18). The highest BCUT2D eigenvalue weighted by atomic mass is 16.2. The van der Waals surface area contributed by atoms with Crippen molar-refractivity contribution in [1.82, 2.24) is 15.1 Å². The number of hydrogen-bond acceptors (Lipinski definition) is 2. The van der Waals surface area contributed by atoms with Gasteiger partial charge >= 0.3 is 6.03 Å². The van der Waals surface area contributed by atoms with E-state index in [4.69, 9.17) is 0 Å². The molecule has 1 N–H and O–H groups in total. The second-order valence-corrected chi connectivity index (χ2v) is 6.26. The van der Waals surface area contributed by atoms with Crippen LogP contribution in [0, 0.1) is 11.8 Å². The Balaban J connectivity index is 2.49. The zero-order chi connectivity index (χ0) is 13.7. The summed E-state index contributed by atoms with van der Waals surface area (Å²) in [7, 11) is 4.09. The van der Waals surface area contributed by atoms with Crippen molar-refractivity contribution in [3.05, 3.63) is 0 Å². The zero-order valence-electron chi connectivity index (χ0n) is 12.6. The summed E-state index contributed by atoms with van der Waals surface area (Å²) in [5.41, 5.74) is 0. The van der Waals surface area contributed by atoms with Crippen LogP contribution in [0.3, 0.4) is 0 Å². The maximum atomic E-state index is 12.2. The number of nitrogens with zero attached hydrogens (tertiary/aromatic N) is 2. The summed E-state index contributed by atoms with van der Waals surface area (Å²) in [5.74, 6) is 1.09. The lowest BCUT2D eigenvalue weighted by Crippen LogP contribution is -2.52. The molecule has 0 aromatic carbocycles. The monoisotopic (exact) mass is 255 g/mol. The minimum atomic E-state index is 0.113. The molecule has 0 spiro atoms. The van der Waals surface area contributed by atoms with Gasteiger partial charge in [0.2, 0.25) is 0 Å². The normalized spacial score (nSPS) is 22.4. The van der Waals surface area contributed by atoms with Crippen molar-refractivity contribution in [2.24, 2.45) is 11.8 Å². The average molecular weight is 255 g/mol. The largest absolute Gasteiger partial charge is 0.334 e. The fraction of sp³-hybridized carbons (Fsp3) is 0.929. The van der Waals surface area contributed by atoms with Crippen LogP contribution >= 0.6 is 0 Å². The summed E-state index contributed by atoms with van der Waals surface area (Å²) in [6.45, 7) is 9.24. The molecule has 1 rings (SSSR count). The third-order valence-electron chi connectivity index (χ3n) is 3.62. The third-order valence-corrected chi connectivity index (χ3v) is 3.62. The number of carbonyl (C=O) groups is 1. The molecule has 4 heteroatoms. The zero-order valence-corrected chi connectivity index (χ0v) is 12.6. The molecule has 0 aromatic heterocycles. The summed E-state index contributed by atoms with van der Waals surface area (Å²) >= 11 is 0. The molecule has 2 unspecified atom stereocenters. The molecular weight excluding hydrogens is 226 g/mol. The smallest absolute Gasteiger partial charge is 0.317 e. The van der Waals surface area contributed by atoms with Gasteiger partial charge in [0.25, 0.3) is 0 Å². The van der Waals surface area contributed by atoms with Crippen molar-refractivity contribution >= 4 is 6.03 Å². The summed E-state index contributed by atoms with van der Waals surface area (Å²) in [5, 5.41) is 3.18. The van der Waals surface area contributed by atoms with E-state index in [1.54, 1.807) is 0 Å². The molecule has 0 saturated carbocycles. The van der Waals surface area contributed by atoms with E-state index >= 15 is 0 Å². The Morgan fingerprint density at radius 1 is 1.44 bits per heavy atom. The summed E-state index contributed by atoms with van der Waals surface area (Å²) in [4.78, 5) is 16.3. The first kappa shape index (κ1) is 15.3. The quantitative estimate of drug-likeness (QED) is 0.834. The van der Waals surface area contributed by atoms with Gasteiger partial charge in [-0.15, -0.1) is 0 Å². The van der Waals surface area contributed by atoms with E-state index in [-0.39, 0.29) is 12.1 Å². The van der Waals surface area contributed by atoms with Crippen molar-refractivity contribution in [1.29, 1.82) is 0 Å². The number of likely N-dealkylation sites (N-methyl/N-ethyl adjacent to an activating group) is 1. The Hall–Kier alpha value is -0.770. The second-order valence-electron chi connectivity index (χ2n) is 6.26. The van der Waals surface area contributed by atoms with Crippen LogP contribution in [0.15, 0.2) is 0 Å². The molecule has 18 heavy (non-hydrogen) atoms. The molecule has 1 fully saturated rings. The van der Waals surface area contributed by atoms with Crippen LogP contribution in [0.5, 0.6) is 0 Å². The Morgan fingerprint density at radius 2 is 2.11 bits per heavy atom. The van der Waals surface area contributed by atoms with E-state index in [2.05, 4.69) is 31.0 Å². The lowest BCUT2D eigenvalue weighted by molar-refractivity contribution is 0.160. The first-order chi connectivity index (χ1) is 8.40. The molecule has 106 valence electrons. The molecule has 1 saturated heterocycles. The Labute approximate surface area is 112 Å². The molecule has 0 radical (unpaired) electrons. The Morgan fingerprint density at radius 3 is 2.61 bits per heavy atom. The molecular formula is C14H29N3O. The van der Waals surface area contributed by atoms with Crippen LogP contribution in [0.4, 0.5) is 4.79 Å². The molecule has 2 atom stereocenters. The molecule has 4 nitrogen and oxygen atoms in total. The lowest BCUT2D eigenvalue weighted by Gasteiger charge is -2.34. The number of piperidine rings is 1. The van der Waals surface area contributed by atoms with Gasteiger partial charge in [0.05, 0.1) is 0 Å². The average Bonchev–Trinajstić information content (AvgIpc) is 2.27. The predicted molar refractivity (Wildman–Crippen MR) is 75.7 cm³/mol. The number of hydrogen-bond donors (Lipinski definition) is 1. The van der Waals surface area contributed by atoms with Crippen molar-refractivity contribution in [3.8, 4) is 0 Å². The van der Waals surface area contributed by atoms with E-state index in [1.807, 2.05) is 19.0 Å². The van der Waals surface area contributed by atoms with Gasteiger partial charge in [-0.25, -0.2) is 4.79 Å². The highest BCUT2D eigenvalue weighted by Gasteiger charge is 2.24. The maximum Gasteiger partial charge on any atom is 0.317 e. The van der Waals surface area contributed by atoms with E-state index < -0.39 is 0 Å². The van der Waals surface area contributed by atoms with E-state index in [9.17, 15) is 4.79 Å². The molecule has 1 aliphatic heterocycles. The van der Waals surface area contributed by atoms with Crippen LogP contribution in [-0.2, 0) is 0 Å². The van der Waals surface area contributed by atoms with Crippen molar-refractivity contribution in [2.75, 3.05) is 33.7 Å². The number of rotatable bonds is 4. The second kappa shape index (κ2) is 6.98. The number of likely N-dealkylation sites (tertiary alicyclic amines) is 1. The van der Waals surface area contributed by atoms with Gasteiger partial charge in [-0.2, -0.15) is 0 Å². The predicted octanol–water partition coefficient (Wildman–Crippen LogP) is 2.01. The summed E-state index contributed by atoms with van der Waals surface area (Å²) < 4.78 is 0. The van der Waals surface area contributed by atoms with Gasteiger partial charge < -0.3 is 15.1 Å². The van der Waals surface area contributed by atoms with Crippen molar-refractivity contribution < 1.29 is 4.79 Å². The summed E-state index contributed by atoms with van der Waals surface area (Å²) in [6.07, 6.45) is 2.38. The summed E-state index contributed by atoms with van der Waals surface area (Å²) in [6, 6.07) is 0.340. The van der Waals surface area contributed by atoms with Crippen LogP contribution in [-0.4, -0.2) is 55.6 Å². The number of nitrogens with one attached hydrogen (secondary N) is 1. The fourth-order valence-corrected chi connectivity index (χ4v) is 2.44. The highest BCUT2D eigenvalue weighted by Crippen LogP contribution is 2.15. The number of amides is 2. The van der Waals surface area contributed by atoms with Crippen LogP contribution in [0.1, 0.15) is 33.6 Å². The first-order valence-corrected chi connectivity index (χ1v) is 7.10. The van der Waals surface area contributed by atoms with Crippen molar-refractivity contribution in [3.63, 3.8) is 0 Å². The minimum absolute atomic E-state index is 0.113. The molecule has 2 amide bonds. The maximum absolute atomic E-state index is 12.2. The third kappa shape index (κ3) is 4.84. The minimum Gasteiger partial charge on any atom is -0.334 e. The van der Waals surface area contributed by atoms with Gasteiger partial charge in [0.15, 0.2) is 0 Å². The van der Waals surface area contributed by atoms with Crippen LogP contribution in [0.25, 0.3) is 0 Å². The van der Waals surface area contributed by atoms with Crippen LogP contribution in [0.2, 0.25) is 0 Å². The molecule has 1 heterocycles. The molecule has 0 bridgehead atoms. The van der Waals surface area contributed by atoms with Gasteiger partial charge in [-0.3, -0.25) is 0 Å². The lowest BCUT2D eigenvalue weighted by atomic mass is 10.0. The Kier molecular flexibility index (Phi) is 5.93. The van der Waals surface area contributed by atoms with Crippen LogP contribution < -0.4 is 5.32 Å². The van der Waals surface area contributed by atoms with Gasteiger partial charge in [0.1, 0.15) is 0 Å². The van der Waals surface area contributed by atoms with Crippen molar-refractivity contribution in [2.45, 2.75) is 39.7 Å². The van der Waals surface area contributed by atoms with Gasteiger partial charge in [0, 0.05) is 25.7 Å². The molecule has 1 aliphatic rings. The topological polar surface area (TPSA) is 35.6 Å². The molecule has 0 aliphatic carbocycles. The van der Waals surface area contributed by atoms with E-state index in [0.29, 0.717) is 11.8 Å². The number of urea groups is 1. The first-order valence-electron chi connectivity index (χ1n) is 7.10. The number of carbonyl (C=O) groups excluding carboxylic acids is 1. The van der Waals surface area contributed by atoms with E-state index in [1.165, 1.54) is 6.42 Å². The Bertz CT molecular complexity index is 266. The highest BCUT2D eigenvalue weighted by molar-refractivity contribution is 5.74. The fourth-order valence-electron chi connectivity index (χ4n) is 2.44. The van der Waals surface area contributed by atoms with Gasteiger partial charge in [-0.05, 0) is 38.8 Å². The molecule has 0 aromatic rings. The SMILES string of the molecule is CC1CCCN(C(=O)NC(CN(C)C)C(C)C)C1. The van der Waals surface area contributed by atoms with E-state index in [0.717, 1.165) is 26.1 Å². The van der Waals surface area contributed by atoms with Gasteiger partial charge in [-0.1, -0.05) is 20.8 Å².